The molecule has 0 aromatic carbocycles. The summed E-state index contributed by atoms with van der Waals surface area (Å²) >= 11 is 0. The van der Waals surface area contributed by atoms with E-state index < -0.39 is 10.3 Å². The van der Waals surface area contributed by atoms with Crippen molar-refractivity contribution in [1.82, 2.24) is 9.78 Å². The molecule has 11 heavy (non-hydrogen) atoms. The van der Waals surface area contributed by atoms with Gasteiger partial charge in [0.25, 0.3) is 5.88 Å². The summed E-state index contributed by atoms with van der Waals surface area (Å²) in [5.41, 5.74) is 0. The lowest BCUT2D eigenvalue weighted by Crippen LogP contribution is -2.19. The molecule has 1 aromatic rings. The molecule has 1 rings (SSSR count). The minimum absolute atomic E-state index is 0.0324. The molecular weight excluding hydrogens is 170 g/mol. The van der Waals surface area contributed by atoms with Crippen LogP contribution in [0.15, 0.2) is 12.3 Å². The Morgan fingerprint density at radius 2 is 2.36 bits per heavy atom. The molecule has 0 unspecified atom stereocenters. The summed E-state index contributed by atoms with van der Waals surface area (Å²) in [7, 11) is -2.30. The molecule has 2 N–H and O–H groups in total. The lowest BCUT2D eigenvalue weighted by Gasteiger charge is -1.94. The second-order valence-corrected chi connectivity index (χ2v) is 3.06. The molecule has 0 radical (unpaired) electrons. The van der Waals surface area contributed by atoms with Gasteiger partial charge in [0.05, 0.1) is 0 Å². The summed E-state index contributed by atoms with van der Waals surface area (Å²) < 4.78 is 26.3. The van der Waals surface area contributed by atoms with Gasteiger partial charge >= 0.3 is 10.3 Å². The molecule has 1 heterocycles. The predicted octanol–water partition coefficient (Wildman–Crippen LogP) is -0.998. The van der Waals surface area contributed by atoms with Crippen LogP contribution in [-0.2, 0) is 17.4 Å². The highest BCUT2D eigenvalue weighted by atomic mass is 32.2. The summed E-state index contributed by atoms with van der Waals surface area (Å²) in [6.45, 7) is 0. The van der Waals surface area contributed by atoms with E-state index in [1.54, 1.807) is 13.2 Å². The van der Waals surface area contributed by atoms with Crippen molar-refractivity contribution < 1.29 is 12.6 Å². The van der Waals surface area contributed by atoms with E-state index in [-0.39, 0.29) is 5.88 Å². The highest BCUT2D eigenvalue weighted by Gasteiger charge is 2.05. The summed E-state index contributed by atoms with van der Waals surface area (Å²) in [4.78, 5) is 0. The second kappa shape index (κ2) is 2.51. The number of aromatic nitrogens is 2. The van der Waals surface area contributed by atoms with Gasteiger partial charge in [-0.3, -0.25) is 4.68 Å². The monoisotopic (exact) mass is 177 g/mol. The summed E-state index contributed by atoms with van der Waals surface area (Å²) in [5.74, 6) is -0.0324. The highest BCUT2D eigenvalue weighted by molar-refractivity contribution is 7.84. The lowest BCUT2D eigenvalue weighted by molar-refractivity contribution is 0.472. The fourth-order valence-electron chi connectivity index (χ4n) is 0.557. The first kappa shape index (κ1) is 8.02. The molecule has 0 bridgehead atoms. The molecule has 6 nitrogen and oxygen atoms in total. The fraction of sp³-hybridized carbons (Fsp3) is 0.250. The van der Waals surface area contributed by atoms with Crippen LogP contribution in [0, 0.1) is 0 Å². The predicted molar refractivity (Wildman–Crippen MR) is 36.9 cm³/mol. The minimum Gasteiger partial charge on any atom is -0.349 e. The SMILES string of the molecule is Cn1ccc(OS(N)(=O)=O)n1. The Labute approximate surface area is 63.8 Å². The van der Waals surface area contributed by atoms with E-state index in [1.165, 1.54) is 10.7 Å². The van der Waals surface area contributed by atoms with Gasteiger partial charge in [-0.25, -0.2) is 0 Å². The second-order valence-electron chi connectivity index (χ2n) is 1.90. The summed E-state index contributed by atoms with van der Waals surface area (Å²) in [5, 5.41) is 8.21. The van der Waals surface area contributed by atoms with Gasteiger partial charge in [-0.1, -0.05) is 0 Å². The largest absolute Gasteiger partial charge is 0.381 e. The van der Waals surface area contributed by atoms with Crippen LogP contribution in [-0.4, -0.2) is 18.2 Å². The molecular formula is C4H7N3O3S. The molecule has 0 spiro atoms. The zero-order valence-electron chi connectivity index (χ0n) is 5.76. The highest BCUT2D eigenvalue weighted by Crippen LogP contribution is 2.05. The zero-order chi connectivity index (χ0) is 8.48. The summed E-state index contributed by atoms with van der Waals surface area (Å²) in [6.07, 6.45) is 1.54. The topological polar surface area (TPSA) is 87.2 Å². The molecule has 0 fully saturated rings. The maximum Gasteiger partial charge on any atom is 0.381 e. The molecule has 0 saturated carbocycles. The van der Waals surface area contributed by atoms with Crippen molar-refractivity contribution in [3.8, 4) is 5.88 Å². The van der Waals surface area contributed by atoms with E-state index >= 15 is 0 Å². The number of hydrogen-bond donors (Lipinski definition) is 1. The number of aryl methyl sites for hydroxylation is 1. The van der Waals surface area contributed by atoms with E-state index in [0.29, 0.717) is 0 Å². The standard InChI is InChI=1S/C4H7N3O3S/c1-7-3-2-4(6-7)10-11(5,8)9/h2-3H,1H3,(H2,5,8,9). The molecule has 7 heteroatoms. The van der Waals surface area contributed by atoms with Gasteiger partial charge < -0.3 is 4.18 Å². The Bertz CT molecular complexity index is 341. The van der Waals surface area contributed by atoms with Crippen LogP contribution in [0.3, 0.4) is 0 Å². The smallest absolute Gasteiger partial charge is 0.349 e. The van der Waals surface area contributed by atoms with E-state index in [9.17, 15) is 8.42 Å². The van der Waals surface area contributed by atoms with Crippen molar-refractivity contribution in [3.05, 3.63) is 12.3 Å². The van der Waals surface area contributed by atoms with Gasteiger partial charge in [0.15, 0.2) is 0 Å². The summed E-state index contributed by atoms with van der Waals surface area (Å²) in [6, 6.07) is 1.39. The van der Waals surface area contributed by atoms with Crippen molar-refractivity contribution in [2.45, 2.75) is 0 Å². The minimum atomic E-state index is -3.94. The van der Waals surface area contributed by atoms with Crippen LogP contribution in [0.2, 0.25) is 0 Å². The van der Waals surface area contributed by atoms with Gasteiger partial charge in [0.1, 0.15) is 0 Å². The average molecular weight is 177 g/mol. The third-order valence-corrected chi connectivity index (χ3v) is 1.29. The lowest BCUT2D eigenvalue weighted by atomic mass is 10.7. The van der Waals surface area contributed by atoms with Crippen LogP contribution in [0.25, 0.3) is 0 Å². The van der Waals surface area contributed by atoms with Crippen molar-refractivity contribution in [2.24, 2.45) is 12.2 Å². The first-order valence-electron chi connectivity index (χ1n) is 2.69. The zero-order valence-corrected chi connectivity index (χ0v) is 6.58. The van der Waals surface area contributed by atoms with Crippen LogP contribution < -0.4 is 9.32 Å². The first-order chi connectivity index (χ1) is 4.97. The van der Waals surface area contributed by atoms with Crippen LogP contribution in [0.1, 0.15) is 0 Å². The van der Waals surface area contributed by atoms with E-state index in [4.69, 9.17) is 0 Å². The molecule has 0 saturated heterocycles. The quantitative estimate of drug-likeness (QED) is 0.627. The van der Waals surface area contributed by atoms with Crippen molar-refractivity contribution in [1.29, 1.82) is 0 Å². The van der Waals surface area contributed by atoms with Gasteiger partial charge in [-0.05, 0) is 0 Å². The number of nitrogens with two attached hydrogens (primary N) is 1. The van der Waals surface area contributed by atoms with Gasteiger partial charge in [0.2, 0.25) is 0 Å². The van der Waals surface area contributed by atoms with Gasteiger partial charge in [-0.2, -0.15) is 13.6 Å². The van der Waals surface area contributed by atoms with Gasteiger partial charge in [-0.15, -0.1) is 5.10 Å². The van der Waals surface area contributed by atoms with Crippen molar-refractivity contribution in [3.63, 3.8) is 0 Å². The third-order valence-electron chi connectivity index (χ3n) is 0.891. The Morgan fingerprint density at radius 1 is 1.73 bits per heavy atom. The van der Waals surface area contributed by atoms with Crippen LogP contribution in [0.5, 0.6) is 5.88 Å². The molecule has 62 valence electrons. The molecule has 0 amide bonds. The molecule has 1 aromatic heterocycles. The molecule has 0 aliphatic rings. The third kappa shape index (κ3) is 2.56. The maximum absolute atomic E-state index is 10.3. The Balaban J connectivity index is 2.81. The number of nitrogens with zero attached hydrogens (tertiary/aromatic N) is 2. The normalized spacial score (nSPS) is 11.5. The first-order valence-corrected chi connectivity index (χ1v) is 4.16. The fourth-order valence-corrected chi connectivity index (χ4v) is 0.884. The van der Waals surface area contributed by atoms with Crippen molar-refractivity contribution in [2.75, 3.05) is 0 Å². The number of rotatable bonds is 2. The molecule has 0 aliphatic heterocycles. The average Bonchev–Trinajstić information content (AvgIpc) is 2.10. The van der Waals surface area contributed by atoms with E-state index in [1.807, 2.05) is 0 Å². The Morgan fingerprint density at radius 3 is 2.73 bits per heavy atom. The van der Waals surface area contributed by atoms with Crippen LogP contribution in [0.4, 0.5) is 0 Å². The van der Waals surface area contributed by atoms with E-state index in [0.717, 1.165) is 0 Å². The van der Waals surface area contributed by atoms with E-state index in [2.05, 4.69) is 14.4 Å². The van der Waals surface area contributed by atoms with Gasteiger partial charge in [0, 0.05) is 19.3 Å². The Kier molecular flexibility index (Phi) is 1.83. The van der Waals surface area contributed by atoms with Crippen LogP contribution >= 0.6 is 0 Å². The van der Waals surface area contributed by atoms with Crippen molar-refractivity contribution >= 4 is 10.3 Å². The Hall–Kier alpha value is -1.08. The molecule has 0 atom stereocenters. The maximum atomic E-state index is 10.3. The molecule has 0 aliphatic carbocycles. The number of hydrogen-bond acceptors (Lipinski definition) is 4.